The maximum Gasteiger partial charge on any atom is 0.115 e. The lowest BCUT2D eigenvalue weighted by molar-refractivity contribution is 0.0933. The first-order valence-electron chi connectivity index (χ1n) is 7.31. The normalized spacial score (nSPS) is 39.0. The molecular formula is C15H30Cl2N2. The minimum atomic E-state index is -0.586. The number of alkyl halides is 2. The Morgan fingerprint density at radius 2 is 1.53 bits per heavy atom. The largest absolute Gasteiger partial charge is 0.310 e. The van der Waals surface area contributed by atoms with E-state index < -0.39 is 9.87 Å². The van der Waals surface area contributed by atoms with Gasteiger partial charge in [-0.3, -0.25) is 5.32 Å². The third-order valence-electron chi connectivity index (χ3n) is 3.96. The van der Waals surface area contributed by atoms with Gasteiger partial charge in [0.05, 0.1) is 4.87 Å². The molecule has 0 bridgehead atoms. The van der Waals surface area contributed by atoms with Crippen molar-refractivity contribution in [3.63, 3.8) is 0 Å². The van der Waals surface area contributed by atoms with Crippen LogP contribution in [-0.2, 0) is 0 Å². The predicted octanol–water partition coefficient (Wildman–Crippen LogP) is 4.10. The molecule has 0 saturated heterocycles. The summed E-state index contributed by atoms with van der Waals surface area (Å²) in [7, 11) is 0. The first-order valence-corrected chi connectivity index (χ1v) is 8.07. The quantitative estimate of drug-likeness (QED) is 0.603. The molecule has 1 fully saturated rings. The number of rotatable bonds is 4. The second-order valence-corrected chi connectivity index (χ2v) is 9.03. The van der Waals surface area contributed by atoms with Crippen LogP contribution in [0.5, 0.6) is 0 Å². The summed E-state index contributed by atoms with van der Waals surface area (Å²) >= 11 is 13.8. The number of halogens is 2. The van der Waals surface area contributed by atoms with E-state index in [4.69, 9.17) is 23.2 Å². The highest BCUT2D eigenvalue weighted by atomic mass is 35.5. The van der Waals surface area contributed by atoms with E-state index in [0.717, 1.165) is 12.8 Å². The zero-order valence-electron chi connectivity index (χ0n) is 13.4. The van der Waals surface area contributed by atoms with Crippen molar-refractivity contribution in [2.45, 2.75) is 89.3 Å². The summed E-state index contributed by atoms with van der Waals surface area (Å²) in [5.41, 5.74) is 0.171. The third kappa shape index (κ3) is 4.00. The molecule has 3 atom stereocenters. The second kappa shape index (κ2) is 5.71. The highest BCUT2D eigenvalue weighted by Gasteiger charge is 2.57. The standard InChI is InChI=1S/C15H30Cl2N2/c1-10(2)18-12-8-13(5,6)9-15(17,14(12,7)16)19-11(3)4/h10-12,18-19H,8-9H2,1-7H3. The van der Waals surface area contributed by atoms with Gasteiger partial charge in [-0.05, 0) is 39.0 Å². The van der Waals surface area contributed by atoms with Crippen LogP contribution in [-0.4, -0.2) is 28.0 Å². The molecule has 0 spiro atoms. The smallest absolute Gasteiger partial charge is 0.115 e. The molecular weight excluding hydrogens is 279 g/mol. The molecule has 2 N–H and O–H groups in total. The summed E-state index contributed by atoms with van der Waals surface area (Å²) in [6, 6.07) is 0.905. The number of hydrogen-bond acceptors (Lipinski definition) is 2. The molecule has 4 heteroatoms. The first kappa shape index (κ1) is 17.6. The molecule has 1 aliphatic rings. The lowest BCUT2D eigenvalue weighted by Crippen LogP contribution is -2.70. The average Bonchev–Trinajstić information content (AvgIpc) is 2.10. The lowest BCUT2D eigenvalue weighted by atomic mass is 9.67. The molecule has 3 unspecified atom stereocenters. The zero-order chi connectivity index (χ0) is 15.1. The van der Waals surface area contributed by atoms with Gasteiger partial charge in [0.15, 0.2) is 0 Å². The summed E-state index contributed by atoms with van der Waals surface area (Å²) in [6.45, 7) is 15.1. The van der Waals surface area contributed by atoms with Crippen molar-refractivity contribution in [3.8, 4) is 0 Å². The molecule has 0 aromatic carbocycles. The summed E-state index contributed by atoms with van der Waals surface area (Å²) in [5, 5.41) is 7.10. The van der Waals surface area contributed by atoms with Crippen molar-refractivity contribution in [2.75, 3.05) is 0 Å². The van der Waals surface area contributed by atoms with Crippen LogP contribution in [0.25, 0.3) is 0 Å². The Bertz CT molecular complexity index is 313. The van der Waals surface area contributed by atoms with E-state index in [1.54, 1.807) is 0 Å². The maximum absolute atomic E-state index is 6.94. The van der Waals surface area contributed by atoms with E-state index in [2.05, 4.69) is 59.1 Å². The van der Waals surface area contributed by atoms with E-state index >= 15 is 0 Å². The van der Waals surface area contributed by atoms with Crippen molar-refractivity contribution >= 4 is 23.2 Å². The molecule has 0 heterocycles. The fraction of sp³-hybridized carbons (Fsp3) is 1.00. The Hall–Kier alpha value is 0.500. The van der Waals surface area contributed by atoms with E-state index in [0.29, 0.717) is 12.1 Å². The summed E-state index contributed by atoms with van der Waals surface area (Å²) in [5.74, 6) is 0. The maximum atomic E-state index is 6.94. The highest BCUT2D eigenvalue weighted by molar-refractivity contribution is 6.35. The lowest BCUT2D eigenvalue weighted by Gasteiger charge is -2.55. The van der Waals surface area contributed by atoms with Gasteiger partial charge in [-0.15, -0.1) is 23.2 Å². The van der Waals surface area contributed by atoms with Crippen molar-refractivity contribution < 1.29 is 0 Å². The molecule has 0 amide bonds. The average molecular weight is 309 g/mol. The predicted molar refractivity (Wildman–Crippen MR) is 86.2 cm³/mol. The van der Waals surface area contributed by atoms with Crippen LogP contribution in [0.15, 0.2) is 0 Å². The van der Waals surface area contributed by atoms with Crippen LogP contribution >= 0.6 is 23.2 Å². The second-order valence-electron chi connectivity index (χ2n) is 7.59. The van der Waals surface area contributed by atoms with Crippen LogP contribution in [0.3, 0.4) is 0 Å². The van der Waals surface area contributed by atoms with Crippen LogP contribution in [0.4, 0.5) is 0 Å². The third-order valence-corrected chi connectivity index (χ3v) is 5.28. The SMILES string of the molecule is CC(C)NC1CC(C)(C)CC(Cl)(NC(C)C)C1(C)Cl. The monoisotopic (exact) mass is 308 g/mol. The van der Waals surface area contributed by atoms with E-state index in [1.165, 1.54) is 0 Å². The Labute approximate surface area is 129 Å². The fourth-order valence-electron chi connectivity index (χ4n) is 3.19. The van der Waals surface area contributed by atoms with Crippen LogP contribution < -0.4 is 10.6 Å². The number of hydrogen-bond donors (Lipinski definition) is 2. The van der Waals surface area contributed by atoms with Gasteiger partial charge in [-0.25, -0.2) is 0 Å². The Kier molecular flexibility index (Phi) is 5.27. The van der Waals surface area contributed by atoms with Gasteiger partial charge in [-0.2, -0.15) is 0 Å². The number of nitrogens with one attached hydrogen (secondary N) is 2. The molecule has 0 aliphatic heterocycles. The van der Waals surface area contributed by atoms with Gasteiger partial charge >= 0.3 is 0 Å². The molecule has 0 radical (unpaired) electrons. The molecule has 1 rings (SSSR count). The highest BCUT2D eigenvalue weighted by Crippen LogP contribution is 2.52. The van der Waals surface area contributed by atoms with Gasteiger partial charge < -0.3 is 5.32 Å². The summed E-state index contributed by atoms with van der Waals surface area (Å²) < 4.78 is 0. The Morgan fingerprint density at radius 1 is 1.00 bits per heavy atom. The van der Waals surface area contributed by atoms with Crippen LogP contribution in [0.1, 0.15) is 61.3 Å². The van der Waals surface area contributed by atoms with Gasteiger partial charge in [-0.1, -0.05) is 27.7 Å². The fourth-order valence-corrected chi connectivity index (χ4v) is 4.17. The molecule has 0 aromatic heterocycles. The van der Waals surface area contributed by atoms with Crippen LogP contribution in [0.2, 0.25) is 0 Å². The van der Waals surface area contributed by atoms with Gasteiger partial charge in [0.2, 0.25) is 0 Å². The van der Waals surface area contributed by atoms with E-state index in [9.17, 15) is 0 Å². The molecule has 1 aliphatic carbocycles. The minimum absolute atomic E-state index is 0.171. The molecule has 19 heavy (non-hydrogen) atoms. The van der Waals surface area contributed by atoms with Crippen molar-refractivity contribution in [3.05, 3.63) is 0 Å². The van der Waals surface area contributed by atoms with E-state index in [-0.39, 0.29) is 11.5 Å². The van der Waals surface area contributed by atoms with Crippen molar-refractivity contribution in [1.29, 1.82) is 0 Å². The molecule has 0 aromatic rings. The van der Waals surface area contributed by atoms with Gasteiger partial charge in [0, 0.05) is 18.1 Å². The van der Waals surface area contributed by atoms with Gasteiger partial charge in [0.1, 0.15) is 5.00 Å². The summed E-state index contributed by atoms with van der Waals surface area (Å²) in [4.78, 5) is -1.10. The Morgan fingerprint density at radius 3 is 1.95 bits per heavy atom. The Balaban J connectivity index is 3.08. The first-order chi connectivity index (χ1) is 8.40. The van der Waals surface area contributed by atoms with Crippen molar-refractivity contribution in [2.24, 2.45) is 5.41 Å². The molecule has 2 nitrogen and oxygen atoms in total. The minimum Gasteiger partial charge on any atom is -0.310 e. The van der Waals surface area contributed by atoms with Crippen LogP contribution in [0, 0.1) is 5.41 Å². The molecule has 114 valence electrons. The van der Waals surface area contributed by atoms with E-state index in [1.807, 2.05) is 0 Å². The summed E-state index contributed by atoms with van der Waals surface area (Å²) in [6.07, 6.45) is 1.91. The zero-order valence-corrected chi connectivity index (χ0v) is 14.9. The molecule has 1 saturated carbocycles. The van der Waals surface area contributed by atoms with Crippen molar-refractivity contribution in [1.82, 2.24) is 10.6 Å². The topological polar surface area (TPSA) is 24.1 Å². The van der Waals surface area contributed by atoms with Gasteiger partial charge in [0.25, 0.3) is 0 Å².